The summed E-state index contributed by atoms with van der Waals surface area (Å²) in [5, 5.41) is 9.68. The Labute approximate surface area is 138 Å². The molecule has 0 heterocycles. The van der Waals surface area contributed by atoms with Gasteiger partial charge in [-0.3, -0.25) is 9.69 Å². The Morgan fingerprint density at radius 1 is 1.43 bits per heavy atom. The molecule has 1 aliphatic carbocycles. The van der Waals surface area contributed by atoms with Gasteiger partial charge in [0.2, 0.25) is 0 Å². The molecule has 0 amide bonds. The van der Waals surface area contributed by atoms with E-state index in [-0.39, 0.29) is 6.54 Å². The number of rotatable bonds is 7. The second kappa shape index (κ2) is 8.01. The number of halogens is 2. The van der Waals surface area contributed by atoms with Crippen LogP contribution in [0.3, 0.4) is 0 Å². The predicted octanol–water partition coefficient (Wildman–Crippen LogP) is 3.81. The van der Waals surface area contributed by atoms with Gasteiger partial charge in [-0.15, -0.1) is 0 Å². The normalized spacial score (nSPS) is 15.6. The third kappa shape index (κ3) is 5.16. The number of carboxylic acids is 1. The summed E-state index contributed by atoms with van der Waals surface area (Å²) >= 11 is 9.29. The molecule has 1 aromatic rings. The van der Waals surface area contributed by atoms with Gasteiger partial charge in [-0.25, -0.2) is 0 Å². The van der Waals surface area contributed by atoms with E-state index in [9.17, 15) is 4.79 Å². The van der Waals surface area contributed by atoms with Crippen molar-refractivity contribution in [2.45, 2.75) is 31.7 Å². The lowest BCUT2D eigenvalue weighted by Gasteiger charge is -2.27. The van der Waals surface area contributed by atoms with Crippen molar-refractivity contribution in [3.8, 4) is 5.75 Å². The maximum absolute atomic E-state index is 11.0. The Morgan fingerprint density at radius 3 is 2.76 bits per heavy atom. The van der Waals surface area contributed by atoms with Crippen molar-refractivity contribution < 1.29 is 14.6 Å². The molecule has 0 radical (unpaired) electrons. The number of hydrogen-bond donors (Lipinski definition) is 1. The second-order valence-corrected chi connectivity index (χ2v) is 6.52. The molecule has 6 heteroatoms. The van der Waals surface area contributed by atoms with Crippen LogP contribution in [0, 0.1) is 0 Å². The highest BCUT2D eigenvalue weighted by Crippen LogP contribution is 2.28. The molecule has 0 saturated heterocycles. The summed E-state index contributed by atoms with van der Waals surface area (Å²) in [7, 11) is 0. The summed E-state index contributed by atoms with van der Waals surface area (Å²) in [6.07, 6.45) is 4.53. The Morgan fingerprint density at radius 2 is 2.14 bits per heavy atom. The molecule has 0 bridgehead atoms. The van der Waals surface area contributed by atoms with E-state index in [1.165, 1.54) is 12.8 Å². The van der Waals surface area contributed by atoms with Crippen LogP contribution >= 0.6 is 27.5 Å². The van der Waals surface area contributed by atoms with E-state index in [4.69, 9.17) is 21.4 Å². The summed E-state index contributed by atoms with van der Waals surface area (Å²) in [5.41, 5.74) is 0. The van der Waals surface area contributed by atoms with Crippen molar-refractivity contribution in [1.82, 2.24) is 4.90 Å². The number of carboxylic acid groups (broad SMARTS) is 1. The minimum absolute atomic E-state index is 0.0792. The molecule has 1 aromatic carbocycles. The molecule has 1 saturated carbocycles. The van der Waals surface area contributed by atoms with Crippen LogP contribution < -0.4 is 4.74 Å². The zero-order chi connectivity index (χ0) is 15.2. The van der Waals surface area contributed by atoms with Gasteiger partial charge in [-0.05, 0) is 47.0 Å². The van der Waals surface area contributed by atoms with Crippen molar-refractivity contribution >= 4 is 33.5 Å². The highest BCUT2D eigenvalue weighted by Gasteiger charge is 2.24. The average Bonchev–Trinajstić information content (AvgIpc) is 2.93. The minimum Gasteiger partial charge on any atom is -0.491 e. The van der Waals surface area contributed by atoms with E-state index in [0.717, 1.165) is 23.1 Å². The van der Waals surface area contributed by atoms with Crippen LogP contribution in [0.5, 0.6) is 5.75 Å². The van der Waals surface area contributed by atoms with Gasteiger partial charge in [-0.2, -0.15) is 0 Å². The fourth-order valence-electron chi connectivity index (χ4n) is 2.70. The first-order valence-corrected chi connectivity index (χ1v) is 8.27. The lowest BCUT2D eigenvalue weighted by molar-refractivity contribution is -0.139. The van der Waals surface area contributed by atoms with Crippen molar-refractivity contribution in [1.29, 1.82) is 0 Å². The summed E-state index contributed by atoms with van der Waals surface area (Å²) in [6, 6.07) is 5.73. The molecule has 0 aromatic heterocycles. The molecule has 21 heavy (non-hydrogen) atoms. The SMILES string of the molecule is O=C(O)CN(CCOc1ccc(Cl)cc1Br)C1CCCC1. The Kier molecular flexibility index (Phi) is 6.33. The Balaban J connectivity index is 1.87. The van der Waals surface area contributed by atoms with E-state index in [1.54, 1.807) is 12.1 Å². The van der Waals surface area contributed by atoms with Crippen molar-refractivity contribution in [2.24, 2.45) is 0 Å². The topological polar surface area (TPSA) is 49.8 Å². The van der Waals surface area contributed by atoms with E-state index < -0.39 is 5.97 Å². The van der Waals surface area contributed by atoms with E-state index in [2.05, 4.69) is 15.9 Å². The molecule has 1 aliphatic rings. The van der Waals surface area contributed by atoms with Crippen molar-refractivity contribution in [3.05, 3.63) is 27.7 Å². The molecule has 0 aliphatic heterocycles. The molecule has 0 unspecified atom stereocenters. The van der Waals surface area contributed by atoms with Crippen LogP contribution in [0.15, 0.2) is 22.7 Å². The molecule has 2 rings (SSSR count). The van der Waals surface area contributed by atoms with Gasteiger partial charge in [-0.1, -0.05) is 24.4 Å². The highest BCUT2D eigenvalue weighted by atomic mass is 79.9. The van der Waals surface area contributed by atoms with Gasteiger partial charge in [0, 0.05) is 17.6 Å². The Bertz CT molecular complexity index is 492. The fourth-order valence-corrected chi connectivity index (χ4v) is 3.50. The molecule has 0 atom stereocenters. The lowest BCUT2D eigenvalue weighted by atomic mass is 10.2. The number of aliphatic carboxylic acids is 1. The van der Waals surface area contributed by atoms with E-state index in [1.807, 2.05) is 11.0 Å². The van der Waals surface area contributed by atoms with Gasteiger partial charge in [0.1, 0.15) is 12.4 Å². The summed E-state index contributed by atoms with van der Waals surface area (Å²) in [6.45, 7) is 1.16. The number of hydrogen-bond acceptors (Lipinski definition) is 3. The monoisotopic (exact) mass is 375 g/mol. The third-order valence-electron chi connectivity index (χ3n) is 3.71. The molecule has 4 nitrogen and oxygen atoms in total. The zero-order valence-corrected chi connectivity index (χ0v) is 14.1. The van der Waals surface area contributed by atoms with Crippen molar-refractivity contribution in [3.63, 3.8) is 0 Å². The molecular formula is C15H19BrClNO3. The van der Waals surface area contributed by atoms with Crippen LogP contribution in [0.4, 0.5) is 0 Å². The maximum atomic E-state index is 11.0. The molecule has 116 valence electrons. The van der Waals surface area contributed by atoms with Crippen LogP contribution in [-0.4, -0.2) is 41.7 Å². The standard InChI is InChI=1S/C15H19BrClNO3/c16-13-9-11(17)5-6-14(13)21-8-7-18(10-15(19)20)12-3-1-2-4-12/h5-6,9,12H,1-4,7-8,10H2,(H,19,20). The first kappa shape index (κ1) is 16.6. The molecular weight excluding hydrogens is 358 g/mol. The number of carbonyl (C=O) groups is 1. The summed E-state index contributed by atoms with van der Waals surface area (Å²) in [4.78, 5) is 13.0. The number of benzene rings is 1. The first-order valence-electron chi connectivity index (χ1n) is 7.10. The molecule has 1 fully saturated rings. The van der Waals surface area contributed by atoms with Gasteiger partial charge in [0.15, 0.2) is 0 Å². The van der Waals surface area contributed by atoms with Crippen molar-refractivity contribution in [2.75, 3.05) is 19.7 Å². The maximum Gasteiger partial charge on any atom is 0.317 e. The van der Waals surface area contributed by atoms with Crippen LogP contribution in [-0.2, 0) is 4.79 Å². The fraction of sp³-hybridized carbons (Fsp3) is 0.533. The van der Waals surface area contributed by atoms with Gasteiger partial charge in [0.25, 0.3) is 0 Å². The number of nitrogens with zero attached hydrogens (tertiary/aromatic N) is 1. The summed E-state index contributed by atoms with van der Waals surface area (Å²) < 4.78 is 6.53. The van der Waals surface area contributed by atoms with Gasteiger partial charge in [0.05, 0.1) is 11.0 Å². The zero-order valence-electron chi connectivity index (χ0n) is 11.7. The van der Waals surface area contributed by atoms with Crippen LogP contribution in [0.1, 0.15) is 25.7 Å². The highest BCUT2D eigenvalue weighted by molar-refractivity contribution is 9.10. The minimum atomic E-state index is -0.783. The predicted molar refractivity (Wildman–Crippen MR) is 86.1 cm³/mol. The van der Waals surface area contributed by atoms with E-state index >= 15 is 0 Å². The quantitative estimate of drug-likeness (QED) is 0.786. The molecule has 0 spiro atoms. The van der Waals surface area contributed by atoms with Crippen LogP contribution in [0.25, 0.3) is 0 Å². The second-order valence-electron chi connectivity index (χ2n) is 5.23. The first-order chi connectivity index (χ1) is 10.1. The van der Waals surface area contributed by atoms with Gasteiger partial charge >= 0.3 is 5.97 Å². The van der Waals surface area contributed by atoms with Crippen LogP contribution in [0.2, 0.25) is 5.02 Å². The largest absolute Gasteiger partial charge is 0.491 e. The summed E-state index contributed by atoms with van der Waals surface area (Å²) in [5.74, 6) is -0.0596. The lowest BCUT2D eigenvalue weighted by Crippen LogP contribution is -2.40. The average molecular weight is 377 g/mol. The Hall–Kier alpha value is -0.780. The smallest absolute Gasteiger partial charge is 0.317 e. The number of ether oxygens (including phenoxy) is 1. The van der Waals surface area contributed by atoms with E-state index in [0.29, 0.717) is 24.2 Å². The third-order valence-corrected chi connectivity index (χ3v) is 4.56. The molecule has 1 N–H and O–H groups in total. The van der Waals surface area contributed by atoms with Gasteiger partial charge < -0.3 is 9.84 Å².